The molecule has 1 saturated heterocycles. The van der Waals surface area contributed by atoms with Crippen molar-refractivity contribution in [2.24, 2.45) is 11.8 Å². The van der Waals surface area contributed by atoms with Gasteiger partial charge >= 0.3 is 0 Å². The number of Topliss-reactive ketones (excluding diaryl/α,β-unsaturated/α-hetero) is 1. The molecule has 0 bridgehead atoms. The molecule has 5 heteroatoms. The van der Waals surface area contributed by atoms with Gasteiger partial charge in [-0.15, -0.1) is 0 Å². The van der Waals surface area contributed by atoms with Crippen LogP contribution in [0.3, 0.4) is 0 Å². The molecule has 2 atom stereocenters. The third-order valence-electron chi connectivity index (χ3n) is 6.10. The summed E-state index contributed by atoms with van der Waals surface area (Å²) in [7, 11) is 2.12. The van der Waals surface area contributed by atoms with E-state index < -0.39 is 0 Å². The quantitative estimate of drug-likeness (QED) is 0.506. The third kappa shape index (κ3) is 3.01. The number of piperidine rings is 1. The number of hydrogen-bond acceptors (Lipinski definition) is 3. The van der Waals surface area contributed by atoms with E-state index in [9.17, 15) is 4.79 Å². The maximum Gasteiger partial charge on any atom is 0.171 e. The molecule has 1 aliphatic heterocycles. The van der Waals surface area contributed by atoms with Crippen molar-refractivity contribution in [2.45, 2.75) is 12.8 Å². The lowest BCUT2D eigenvalue weighted by molar-refractivity contribution is 0.0705. The van der Waals surface area contributed by atoms with Gasteiger partial charge in [0.2, 0.25) is 0 Å². The van der Waals surface area contributed by atoms with Crippen molar-refractivity contribution in [2.75, 3.05) is 20.1 Å². The van der Waals surface area contributed by atoms with Gasteiger partial charge in [-0.3, -0.25) is 4.79 Å². The molecule has 28 heavy (non-hydrogen) atoms. The van der Waals surface area contributed by atoms with Gasteiger partial charge in [0, 0.05) is 21.6 Å². The minimum atomic E-state index is 0.0862. The van der Waals surface area contributed by atoms with E-state index in [0.29, 0.717) is 5.92 Å². The van der Waals surface area contributed by atoms with Crippen LogP contribution in [0.2, 0.25) is 0 Å². The first-order valence-corrected chi connectivity index (χ1v) is 10.9. The van der Waals surface area contributed by atoms with Crippen LogP contribution in [0.25, 0.3) is 16.9 Å². The summed E-state index contributed by atoms with van der Waals surface area (Å²) in [4.78, 5) is 15.9. The fraction of sp³-hybridized carbons (Fsp3) is 0.304. The molecule has 142 valence electrons. The Kier molecular flexibility index (Phi) is 4.59. The van der Waals surface area contributed by atoms with Gasteiger partial charge in [0.25, 0.3) is 0 Å². The second-order valence-corrected chi connectivity index (χ2v) is 9.16. The van der Waals surface area contributed by atoms with Crippen molar-refractivity contribution in [3.05, 3.63) is 69.4 Å². The zero-order chi connectivity index (χ0) is 19.3. The molecule has 0 radical (unpaired) electrons. The minimum absolute atomic E-state index is 0.0862. The highest BCUT2D eigenvalue weighted by Crippen LogP contribution is 2.40. The van der Waals surface area contributed by atoms with Crippen LogP contribution >= 0.6 is 22.6 Å². The Bertz CT molecular complexity index is 1030. The highest BCUT2D eigenvalue weighted by Gasteiger charge is 2.42. The molecule has 1 aliphatic carbocycles. The summed E-state index contributed by atoms with van der Waals surface area (Å²) < 4.78 is 3.21. The summed E-state index contributed by atoms with van der Waals surface area (Å²) in [6, 6.07) is 18.5. The van der Waals surface area contributed by atoms with Gasteiger partial charge in [0.05, 0.1) is 16.9 Å². The van der Waals surface area contributed by atoms with Crippen LogP contribution in [-0.4, -0.2) is 40.6 Å². The number of halogens is 1. The van der Waals surface area contributed by atoms with E-state index in [0.717, 1.165) is 54.1 Å². The molecule has 0 saturated carbocycles. The molecule has 1 fully saturated rings. The average Bonchev–Trinajstić information content (AvgIpc) is 3.10. The predicted molar refractivity (Wildman–Crippen MR) is 119 cm³/mol. The maximum atomic E-state index is 13.6. The number of likely N-dealkylation sites (tertiary alicyclic amines) is 1. The van der Waals surface area contributed by atoms with Gasteiger partial charge in [-0.05, 0) is 79.2 Å². The fourth-order valence-corrected chi connectivity index (χ4v) is 4.99. The van der Waals surface area contributed by atoms with Crippen LogP contribution in [0, 0.1) is 15.4 Å². The first kappa shape index (κ1) is 18.1. The number of ketones is 1. The molecule has 2 heterocycles. The lowest BCUT2D eigenvalue weighted by Gasteiger charge is -2.38. The number of hydrogen-bond donors (Lipinski definition) is 0. The van der Waals surface area contributed by atoms with Gasteiger partial charge in [-0.25, -0.2) is 4.68 Å². The molecule has 5 rings (SSSR count). The number of carbonyl (C=O) groups is 1. The van der Waals surface area contributed by atoms with Crippen molar-refractivity contribution in [1.29, 1.82) is 0 Å². The Morgan fingerprint density at radius 1 is 1.07 bits per heavy atom. The molecule has 2 aromatic carbocycles. The van der Waals surface area contributed by atoms with Gasteiger partial charge < -0.3 is 4.90 Å². The first-order valence-electron chi connectivity index (χ1n) is 9.78. The lowest BCUT2D eigenvalue weighted by Crippen LogP contribution is -2.45. The third-order valence-corrected chi connectivity index (χ3v) is 6.82. The molecule has 3 aromatic rings. The number of carbonyl (C=O) groups excluding carboxylic acids is 1. The largest absolute Gasteiger partial charge is 0.306 e. The Labute approximate surface area is 178 Å². The molecule has 0 N–H and O–H groups in total. The standard InChI is InChI=1S/C23H22IN3O/c1-26-12-11-16-13-20-21(23(28)19(16)14-26)22(15-5-3-2-4-6-15)25-27(20)18-9-7-17(24)8-10-18/h2-10,16,19H,11-14H2,1H3. The summed E-state index contributed by atoms with van der Waals surface area (Å²) in [5.74, 6) is 0.774. The Hall–Kier alpha value is -1.99. The van der Waals surface area contributed by atoms with Gasteiger partial charge in [-0.2, -0.15) is 5.10 Å². The van der Waals surface area contributed by atoms with Crippen LogP contribution in [0.15, 0.2) is 54.6 Å². The zero-order valence-corrected chi connectivity index (χ0v) is 18.0. The Morgan fingerprint density at radius 3 is 2.57 bits per heavy atom. The Morgan fingerprint density at radius 2 is 1.82 bits per heavy atom. The number of benzene rings is 2. The molecular weight excluding hydrogens is 461 g/mol. The monoisotopic (exact) mass is 483 g/mol. The minimum Gasteiger partial charge on any atom is -0.306 e. The maximum absolute atomic E-state index is 13.6. The van der Waals surface area contributed by atoms with Crippen molar-refractivity contribution in [3.8, 4) is 16.9 Å². The van der Waals surface area contributed by atoms with Crippen molar-refractivity contribution >= 4 is 28.4 Å². The second kappa shape index (κ2) is 7.12. The van der Waals surface area contributed by atoms with Crippen molar-refractivity contribution < 1.29 is 4.79 Å². The summed E-state index contributed by atoms with van der Waals surface area (Å²) in [6.07, 6.45) is 2.00. The summed E-state index contributed by atoms with van der Waals surface area (Å²) in [6.45, 7) is 1.92. The molecule has 0 amide bonds. The molecule has 4 nitrogen and oxygen atoms in total. The van der Waals surface area contributed by atoms with Crippen LogP contribution < -0.4 is 0 Å². The second-order valence-electron chi connectivity index (χ2n) is 7.91. The van der Waals surface area contributed by atoms with Crippen molar-refractivity contribution in [1.82, 2.24) is 14.7 Å². The molecule has 0 spiro atoms. The average molecular weight is 483 g/mol. The summed E-state index contributed by atoms with van der Waals surface area (Å²) in [5, 5.41) is 4.97. The van der Waals surface area contributed by atoms with Crippen LogP contribution in [0.1, 0.15) is 22.5 Å². The number of nitrogens with zero attached hydrogens (tertiary/aromatic N) is 3. The van der Waals surface area contributed by atoms with E-state index in [-0.39, 0.29) is 11.7 Å². The van der Waals surface area contributed by atoms with Crippen LogP contribution in [-0.2, 0) is 6.42 Å². The molecule has 2 unspecified atom stereocenters. The van der Waals surface area contributed by atoms with E-state index in [4.69, 9.17) is 5.10 Å². The number of rotatable bonds is 2. The smallest absolute Gasteiger partial charge is 0.171 e. The SMILES string of the molecule is CN1CCC2Cc3c(c(-c4ccccc4)nn3-c3ccc(I)cc3)C(=O)C2C1. The van der Waals surface area contributed by atoms with Crippen LogP contribution in [0.5, 0.6) is 0 Å². The fourth-order valence-electron chi connectivity index (χ4n) is 4.63. The summed E-state index contributed by atoms with van der Waals surface area (Å²) in [5.41, 5.74) is 4.78. The predicted octanol–water partition coefficient (Wildman–Crippen LogP) is 4.45. The van der Waals surface area contributed by atoms with E-state index in [1.54, 1.807) is 0 Å². The van der Waals surface area contributed by atoms with E-state index in [1.165, 1.54) is 3.57 Å². The van der Waals surface area contributed by atoms with Crippen LogP contribution in [0.4, 0.5) is 0 Å². The topological polar surface area (TPSA) is 38.1 Å². The highest BCUT2D eigenvalue weighted by molar-refractivity contribution is 14.1. The highest BCUT2D eigenvalue weighted by atomic mass is 127. The first-order chi connectivity index (χ1) is 13.6. The molecular formula is C23H22IN3O. The lowest BCUT2D eigenvalue weighted by atomic mass is 9.72. The Balaban J connectivity index is 1.70. The van der Waals surface area contributed by atoms with Crippen molar-refractivity contribution in [3.63, 3.8) is 0 Å². The zero-order valence-electron chi connectivity index (χ0n) is 15.8. The molecule has 2 aliphatic rings. The van der Waals surface area contributed by atoms with E-state index in [2.05, 4.69) is 58.8 Å². The van der Waals surface area contributed by atoms with E-state index in [1.807, 2.05) is 35.0 Å². The normalized spacial score (nSPS) is 22.0. The van der Waals surface area contributed by atoms with E-state index >= 15 is 0 Å². The molecule has 1 aromatic heterocycles. The number of aromatic nitrogens is 2. The van der Waals surface area contributed by atoms with Gasteiger partial charge in [-0.1, -0.05) is 30.3 Å². The number of fused-ring (bicyclic) bond motifs is 2. The summed E-state index contributed by atoms with van der Waals surface area (Å²) >= 11 is 2.31. The van der Waals surface area contributed by atoms with Gasteiger partial charge in [0.15, 0.2) is 5.78 Å². The van der Waals surface area contributed by atoms with Gasteiger partial charge in [0.1, 0.15) is 5.69 Å².